The van der Waals surface area contributed by atoms with Crippen LogP contribution in [0.15, 0.2) is 18.5 Å². The van der Waals surface area contributed by atoms with Gasteiger partial charge in [0.2, 0.25) is 16.0 Å². The van der Waals surface area contributed by atoms with Gasteiger partial charge in [0.1, 0.15) is 0 Å². The number of rotatable bonds is 6. The van der Waals surface area contributed by atoms with Gasteiger partial charge in [-0.15, -0.1) is 0 Å². The molecule has 2 aliphatic rings. The summed E-state index contributed by atoms with van der Waals surface area (Å²) in [5.74, 6) is 0.697. The van der Waals surface area contributed by atoms with Crippen molar-refractivity contribution in [2.75, 3.05) is 37.4 Å². The Morgan fingerprint density at radius 3 is 2.54 bits per heavy atom. The number of ether oxygens (including phenoxy) is 1. The van der Waals surface area contributed by atoms with Gasteiger partial charge in [-0.3, -0.25) is 0 Å². The van der Waals surface area contributed by atoms with Gasteiger partial charge in [-0.1, -0.05) is 0 Å². The molecule has 11 heteroatoms. The highest BCUT2D eigenvalue weighted by Gasteiger charge is 2.36. The van der Waals surface area contributed by atoms with Crippen molar-refractivity contribution in [2.45, 2.75) is 43.9 Å². The summed E-state index contributed by atoms with van der Waals surface area (Å²) in [6, 6.07) is 0.771. The average molecular weight is 414 g/mol. The van der Waals surface area contributed by atoms with Crippen LogP contribution in [-0.4, -0.2) is 85.2 Å². The molecule has 10 nitrogen and oxygen atoms in total. The van der Waals surface area contributed by atoms with E-state index in [0.29, 0.717) is 25.3 Å². The number of hydrogen-bond donors (Lipinski definition) is 2. The first-order valence-electron chi connectivity index (χ1n) is 9.44. The molecule has 2 N–H and O–H groups in total. The van der Waals surface area contributed by atoms with Gasteiger partial charge in [0.25, 0.3) is 0 Å². The lowest BCUT2D eigenvalue weighted by Crippen LogP contribution is -2.58. The second-order valence-corrected chi connectivity index (χ2v) is 9.03. The van der Waals surface area contributed by atoms with Crippen molar-refractivity contribution in [2.24, 2.45) is 0 Å². The second-order valence-electron chi connectivity index (χ2n) is 7.25. The van der Waals surface area contributed by atoms with E-state index in [9.17, 15) is 18.3 Å². The summed E-state index contributed by atoms with van der Waals surface area (Å²) in [5.41, 5.74) is 0. The van der Waals surface area contributed by atoms with Gasteiger partial charge in [-0.25, -0.2) is 27.9 Å². The maximum absolute atomic E-state index is 11.7. The van der Waals surface area contributed by atoms with Gasteiger partial charge >= 0.3 is 6.09 Å². The number of likely N-dealkylation sites (tertiary alicyclic amines) is 1. The molecule has 0 radical (unpaired) electrons. The van der Waals surface area contributed by atoms with E-state index < -0.39 is 28.2 Å². The number of hydrogen-bond acceptors (Lipinski definition) is 7. The fraction of sp³-hybridized carbons (Fsp3) is 0.706. The summed E-state index contributed by atoms with van der Waals surface area (Å²) in [7, 11) is -3.43. The average Bonchev–Trinajstić information content (AvgIpc) is 2.66. The van der Waals surface area contributed by atoms with Gasteiger partial charge < -0.3 is 19.6 Å². The Labute approximate surface area is 165 Å². The van der Waals surface area contributed by atoms with Gasteiger partial charge in [-0.2, -0.15) is 0 Å². The molecular formula is C17H27N5O5S. The number of piperidine rings is 2. The zero-order chi connectivity index (χ0) is 20.1. The molecule has 1 aromatic heterocycles. The summed E-state index contributed by atoms with van der Waals surface area (Å²) in [5, 5.41) is 9.50. The smallest absolute Gasteiger partial charge is 0.407 e. The summed E-state index contributed by atoms with van der Waals surface area (Å²) in [4.78, 5) is 23.5. The molecule has 156 valence electrons. The Morgan fingerprint density at radius 1 is 1.25 bits per heavy atom. The Balaban J connectivity index is 1.57. The van der Waals surface area contributed by atoms with Crippen LogP contribution < -0.4 is 9.62 Å². The summed E-state index contributed by atoms with van der Waals surface area (Å²) in [6.45, 7) is 2.07. The molecule has 2 atom stereocenters. The van der Waals surface area contributed by atoms with Crippen molar-refractivity contribution in [1.29, 1.82) is 0 Å². The highest BCUT2D eigenvalue weighted by molar-refractivity contribution is 7.88. The molecule has 0 unspecified atom stereocenters. The maximum atomic E-state index is 11.7. The van der Waals surface area contributed by atoms with E-state index in [-0.39, 0.29) is 12.7 Å². The molecule has 0 aromatic carbocycles. The van der Waals surface area contributed by atoms with E-state index in [1.807, 2.05) is 0 Å². The molecule has 1 amide bonds. The molecule has 2 fully saturated rings. The molecule has 0 bridgehead atoms. The van der Waals surface area contributed by atoms with Crippen LogP contribution in [0.1, 0.15) is 25.7 Å². The second kappa shape index (κ2) is 9.01. The first-order valence-corrected chi connectivity index (χ1v) is 11.3. The van der Waals surface area contributed by atoms with Crippen molar-refractivity contribution >= 4 is 22.1 Å². The van der Waals surface area contributed by atoms with Gasteiger partial charge in [0, 0.05) is 38.1 Å². The number of nitrogens with zero attached hydrogens (tertiary/aromatic N) is 4. The minimum absolute atomic E-state index is 0.00332. The Kier molecular flexibility index (Phi) is 6.68. The Bertz CT molecular complexity index is 754. The quantitative estimate of drug-likeness (QED) is 0.692. The lowest BCUT2D eigenvalue weighted by Gasteiger charge is -2.40. The van der Waals surface area contributed by atoms with E-state index in [4.69, 9.17) is 4.74 Å². The van der Waals surface area contributed by atoms with Crippen LogP contribution in [0.4, 0.5) is 10.7 Å². The summed E-state index contributed by atoms with van der Waals surface area (Å²) >= 11 is 0. The van der Waals surface area contributed by atoms with Crippen molar-refractivity contribution in [3.8, 4) is 0 Å². The largest absolute Gasteiger partial charge is 0.465 e. The molecule has 2 saturated heterocycles. The van der Waals surface area contributed by atoms with Crippen molar-refractivity contribution in [3.63, 3.8) is 0 Å². The predicted octanol–water partition coefficient (Wildman–Crippen LogP) is 0.522. The Hall–Kier alpha value is -1.98. The first-order chi connectivity index (χ1) is 13.3. The molecule has 0 spiro atoms. The highest BCUT2D eigenvalue weighted by Crippen LogP contribution is 2.22. The monoisotopic (exact) mass is 413 g/mol. The number of aromatic nitrogens is 2. The third-order valence-corrected chi connectivity index (χ3v) is 5.90. The van der Waals surface area contributed by atoms with E-state index in [2.05, 4.69) is 19.6 Å². The van der Waals surface area contributed by atoms with E-state index in [0.717, 1.165) is 32.2 Å². The van der Waals surface area contributed by atoms with Crippen molar-refractivity contribution in [1.82, 2.24) is 19.6 Å². The highest BCUT2D eigenvalue weighted by atomic mass is 32.2. The molecule has 3 heterocycles. The lowest BCUT2D eigenvalue weighted by molar-refractivity contribution is -0.0159. The molecule has 0 aliphatic carbocycles. The topological polar surface area (TPSA) is 125 Å². The Morgan fingerprint density at radius 2 is 1.93 bits per heavy atom. The molecule has 3 rings (SSSR count). The van der Waals surface area contributed by atoms with Crippen LogP contribution in [0.5, 0.6) is 0 Å². The number of carboxylic acid groups (broad SMARTS) is 1. The maximum Gasteiger partial charge on any atom is 0.407 e. The molecule has 1 aromatic rings. The lowest BCUT2D eigenvalue weighted by atomic mass is 9.98. The number of nitrogens with one attached hydrogen (secondary N) is 1. The van der Waals surface area contributed by atoms with Crippen LogP contribution in [0, 0.1) is 0 Å². The zero-order valence-corrected chi connectivity index (χ0v) is 16.7. The van der Waals surface area contributed by atoms with E-state index in [1.54, 1.807) is 18.5 Å². The van der Waals surface area contributed by atoms with Crippen molar-refractivity contribution < 1.29 is 23.1 Å². The summed E-state index contributed by atoms with van der Waals surface area (Å²) in [6.07, 6.45) is 6.23. The molecule has 28 heavy (non-hydrogen) atoms. The molecular weight excluding hydrogens is 386 g/mol. The normalized spacial score (nSPS) is 24.3. The number of sulfonamides is 1. The zero-order valence-electron chi connectivity index (χ0n) is 15.9. The van der Waals surface area contributed by atoms with Gasteiger partial charge in [-0.05, 0) is 31.7 Å². The number of carbonyl (C=O) groups is 1. The standard InChI is InChI=1S/C17H27N5O5S/c1-28(25,26)20-14-4-2-9-22(17(23)24)15(14)12-27-13-5-10-21(11-6-13)16-18-7-3-8-19-16/h3,7-8,13-15,20H,2,4-6,9-12H2,1H3,(H,23,24)/t14-,15-/m0/s1. The van der Waals surface area contributed by atoms with Crippen LogP contribution in [0.3, 0.4) is 0 Å². The minimum atomic E-state index is -3.43. The predicted molar refractivity (Wildman–Crippen MR) is 103 cm³/mol. The number of amides is 1. The van der Waals surface area contributed by atoms with E-state index in [1.165, 1.54) is 4.90 Å². The molecule has 0 saturated carbocycles. The van der Waals surface area contributed by atoms with E-state index >= 15 is 0 Å². The number of anilines is 1. The van der Waals surface area contributed by atoms with Crippen LogP contribution in [0.2, 0.25) is 0 Å². The third kappa shape index (κ3) is 5.52. The minimum Gasteiger partial charge on any atom is -0.465 e. The summed E-state index contributed by atoms with van der Waals surface area (Å²) < 4.78 is 31.9. The van der Waals surface area contributed by atoms with Crippen LogP contribution >= 0.6 is 0 Å². The SMILES string of the molecule is CS(=O)(=O)N[C@H]1CCCN(C(=O)O)[C@H]1COC1CCN(c2ncccn2)CC1. The van der Waals surface area contributed by atoms with Gasteiger partial charge in [0.05, 0.1) is 25.0 Å². The van der Waals surface area contributed by atoms with Gasteiger partial charge in [0.15, 0.2) is 0 Å². The third-order valence-electron chi connectivity index (χ3n) is 5.17. The fourth-order valence-electron chi connectivity index (χ4n) is 3.82. The first kappa shape index (κ1) is 20.7. The fourth-order valence-corrected chi connectivity index (χ4v) is 4.65. The van der Waals surface area contributed by atoms with Crippen LogP contribution in [-0.2, 0) is 14.8 Å². The van der Waals surface area contributed by atoms with Crippen LogP contribution in [0.25, 0.3) is 0 Å². The molecule has 2 aliphatic heterocycles. The van der Waals surface area contributed by atoms with Crippen molar-refractivity contribution in [3.05, 3.63) is 18.5 Å².